The minimum absolute atomic E-state index is 0.214. The molecule has 0 aliphatic carbocycles. The van der Waals surface area contributed by atoms with Gasteiger partial charge in [-0.25, -0.2) is 4.39 Å². The lowest BCUT2D eigenvalue weighted by molar-refractivity contribution is -0.124. The molecular weight excluding hydrogens is 213 g/mol. The van der Waals surface area contributed by atoms with Gasteiger partial charge in [0.1, 0.15) is 24.8 Å². The Morgan fingerprint density at radius 1 is 1.62 bits per heavy atom. The predicted molar refractivity (Wildman–Crippen MR) is 54.6 cm³/mol. The summed E-state index contributed by atoms with van der Waals surface area (Å²) in [6.45, 7) is -0.211. The van der Waals surface area contributed by atoms with Crippen LogP contribution in [-0.2, 0) is 11.2 Å². The molecule has 0 saturated carbocycles. The quantitative estimate of drug-likeness (QED) is 0.758. The second-order valence-electron chi connectivity index (χ2n) is 3.69. The molecule has 86 valence electrons. The van der Waals surface area contributed by atoms with E-state index in [0.29, 0.717) is 18.8 Å². The first-order chi connectivity index (χ1) is 7.69. The van der Waals surface area contributed by atoms with Crippen molar-refractivity contribution in [3.63, 3.8) is 0 Å². The number of benzene rings is 1. The number of carbonyl (C=O) groups is 1. The van der Waals surface area contributed by atoms with E-state index in [1.54, 1.807) is 6.07 Å². The fraction of sp³-hybridized carbons (Fsp3) is 0.364. The van der Waals surface area contributed by atoms with Crippen LogP contribution in [0.3, 0.4) is 0 Å². The number of fused-ring (bicyclic) bond motifs is 1. The lowest BCUT2D eigenvalue weighted by atomic mass is 10.0. The molecule has 0 spiro atoms. The number of halogens is 1. The number of aliphatic hydroxyl groups is 1. The molecule has 1 aliphatic rings. The molecule has 0 aromatic heterocycles. The summed E-state index contributed by atoms with van der Waals surface area (Å²) in [4.78, 5) is 11.0. The molecule has 0 fully saturated rings. The fourth-order valence-electron chi connectivity index (χ4n) is 1.73. The minimum Gasteiger partial charge on any atom is -0.491 e. The first-order valence-electron chi connectivity index (χ1n) is 5.00. The van der Waals surface area contributed by atoms with Gasteiger partial charge >= 0.3 is 0 Å². The summed E-state index contributed by atoms with van der Waals surface area (Å²) in [5, 5.41) is 11.2. The summed E-state index contributed by atoms with van der Waals surface area (Å²) >= 11 is 0. The molecule has 1 heterocycles. The summed E-state index contributed by atoms with van der Waals surface area (Å²) < 4.78 is 18.3. The third-order valence-electron chi connectivity index (χ3n) is 2.44. The molecule has 16 heavy (non-hydrogen) atoms. The average Bonchev–Trinajstić information content (AvgIpc) is 2.28. The van der Waals surface area contributed by atoms with Gasteiger partial charge in [-0.05, 0) is 30.2 Å². The van der Waals surface area contributed by atoms with E-state index < -0.39 is 12.5 Å². The highest BCUT2D eigenvalue weighted by molar-refractivity contribution is 5.77. The van der Waals surface area contributed by atoms with Gasteiger partial charge in [-0.1, -0.05) is 0 Å². The van der Waals surface area contributed by atoms with Crippen molar-refractivity contribution in [2.45, 2.75) is 12.5 Å². The Morgan fingerprint density at radius 3 is 3.19 bits per heavy atom. The van der Waals surface area contributed by atoms with Crippen LogP contribution in [0.15, 0.2) is 18.2 Å². The molecule has 1 aromatic rings. The van der Waals surface area contributed by atoms with Crippen molar-refractivity contribution in [1.29, 1.82) is 0 Å². The van der Waals surface area contributed by atoms with E-state index in [0.717, 1.165) is 5.56 Å². The van der Waals surface area contributed by atoms with Crippen LogP contribution < -0.4 is 10.1 Å². The molecule has 1 amide bonds. The number of rotatable bonds is 2. The highest BCUT2D eigenvalue weighted by atomic mass is 19.1. The van der Waals surface area contributed by atoms with Gasteiger partial charge in [0.2, 0.25) is 5.91 Å². The van der Waals surface area contributed by atoms with Gasteiger partial charge in [-0.15, -0.1) is 0 Å². The van der Waals surface area contributed by atoms with Crippen LogP contribution in [0.25, 0.3) is 0 Å². The number of amides is 1. The average molecular weight is 225 g/mol. The predicted octanol–water partition coefficient (Wildman–Crippen LogP) is 0.238. The summed E-state index contributed by atoms with van der Waals surface area (Å²) in [6.07, 6.45) is 0.513. The topological polar surface area (TPSA) is 58.6 Å². The molecule has 2 N–H and O–H groups in total. The fourth-order valence-corrected chi connectivity index (χ4v) is 1.73. The van der Waals surface area contributed by atoms with E-state index >= 15 is 0 Å². The van der Waals surface area contributed by atoms with Gasteiger partial charge in [0.05, 0.1) is 6.04 Å². The summed E-state index contributed by atoms with van der Waals surface area (Å²) in [5.74, 6) is -0.124. The molecule has 1 aliphatic heterocycles. The first-order valence-corrected chi connectivity index (χ1v) is 5.00. The Hall–Kier alpha value is -1.62. The molecule has 0 saturated heterocycles. The van der Waals surface area contributed by atoms with Crippen molar-refractivity contribution in [3.05, 3.63) is 29.6 Å². The SMILES string of the molecule is O=C(CO)NC1COc2ccc(F)cc2C1. The van der Waals surface area contributed by atoms with Gasteiger partial charge in [0, 0.05) is 0 Å². The number of hydrogen-bond donors (Lipinski definition) is 2. The van der Waals surface area contributed by atoms with Crippen molar-refractivity contribution in [1.82, 2.24) is 5.32 Å². The van der Waals surface area contributed by atoms with E-state index in [2.05, 4.69) is 5.32 Å². The molecule has 4 nitrogen and oxygen atoms in total. The Bertz CT molecular complexity index is 408. The molecule has 2 rings (SSSR count). The van der Waals surface area contributed by atoms with Crippen molar-refractivity contribution < 1.29 is 19.0 Å². The minimum atomic E-state index is -0.549. The van der Waals surface area contributed by atoms with Gasteiger partial charge in [-0.3, -0.25) is 4.79 Å². The van der Waals surface area contributed by atoms with E-state index in [-0.39, 0.29) is 11.9 Å². The van der Waals surface area contributed by atoms with Crippen LogP contribution in [0.5, 0.6) is 5.75 Å². The lowest BCUT2D eigenvalue weighted by Gasteiger charge is -2.25. The first kappa shape index (κ1) is 10.9. The zero-order chi connectivity index (χ0) is 11.5. The van der Waals surface area contributed by atoms with E-state index in [4.69, 9.17) is 9.84 Å². The highest BCUT2D eigenvalue weighted by Crippen LogP contribution is 2.25. The Labute approximate surface area is 92.0 Å². The van der Waals surface area contributed by atoms with Crippen LogP contribution in [0.1, 0.15) is 5.56 Å². The van der Waals surface area contributed by atoms with Gasteiger partial charge in [0.15, 0.2) is 0 Å². The molecule has 0 bridgehead atoms. The summed E-state index contributed by atoms with van der Waals surface area (Å²) in [6, 6.07) is 4.10. The highest BCUT2D eigenvalue weighted by Gasteiger charge is 2.21. The molecule has 1 atom stereocenters. The molecular formula is C11H12FNO3. The smallest absolute Gasteiger partial charge is 0.246 e. The molecule has 0 radical (unpaired) electrons. The number of carbonyl (C=O) groups excluding carboxylic acids is 1. The van der Waals surface area contributed by atoms with E-state index in [1.165, 1.54) is 12.1 Å². The molecule has 5 heteroatoms. The number of ether oxygens (including phenoxy) is 1. The largest absolute Gasteiger partial charge is 0.491 e. The van der Waals surface area contributed by atoms with Gasteiger partial charge in [-0.2, -0.15) is 0 Å². The maximum Gasteiger partial charge on any atom is 0.246 e. The zero-order valence-corrected chi connectivity index (χ0v) is 8.57. The second-order valence-corrected chi connectivity index (χ2v) is 3.69. The number of aliphatic hydroxyl groups excluding tert-OH is 1. The Morgan fingerprint density at radius 2 is 2.44 bits per heavy atom. The van der Waals surface area contributed by atoms with Crippen LogP contribution in [0.2, 0.25) is 0 Å². The lowest BCUT2D eigenvalue weighted by Crippen LogP contribution is -2.43. The van der Waals surface area contributed by atoms with Gasteiger partial charge < -0.3 is 15.2 Å². The van der Waals surface area contributed by atoms with Crippen molar-refractivity contribution in [3.8, 4) is 5.75 Å². The van der Waals surface area contributed by atoms with Crippen LogP contribution in [0.4, 0.5) is 4.39 Å². The van der Waals surface area contributed by atoms with Crippen molar-refractivity contribution in [2.24, 2.45) is 0 Å². The summed E-state index contributed by atoms with van der Waals surface area (Å²) in [5.41, 5.74) is 0.731. The third kappa shape index (κ3) is 2.30. The third-order valence-corrected chi connectivity index (χ3v) is 2.44. The van der Waals surface area contributed by atoms with E-state index in [9.17, 15) is 9.18 Å². The van der Waals surface area contributed by atoms with Crippen LogP contribution >= 0.6 is 0 Å². The number of hydrogen-bond acceptors (Lipinski definition) is 3. The van der Waals surface area contributed by atoms with Crippen LogP contribution in [-0.4, -0.2) is 30.3 Å². The van der Waals surface area contributed by atoms with Gasteiger partial charge in [0.25, 0.3) is 0 Å². The normalized spacial score (nSPS) is 18.5. The summed E-state index contributed by atoms with van der Waals surface area (Å²) in [7, 11) is 0. The Balaban J connectivity index is 2.08. The van der Waals surface area contributed by atoms with E-state index in [1.807, 2.05) is 0 Å². The monoisotopic (exact) mass is 225 g/mol. The number of nitrogens with one attached hydrogen (secondary N) is 1. The standard InChI is InChI=1S/C11H12FNO3/c12-8-1-2-10-7(3-8)4-9(6-16-10)13-11(15)5-14/h1-3,9,14H,4-6H2,(H,13,15). The van der Waals surface area contributed by atoms with Crippen molar-refractivity contribution >= 4 is 5.91 Å². The second kappa shape index (κ2) is 4.49. The zero-order valence-electron chi connectivity index (χ0n) is 8.57. The van der Waals surface area contributed by atoms with Crippen LogP contribution in [0, 0.1) is 5.82 Å². The maximum atomic E-state index is 13.0. The van der Waals surface area contributed by atoms with Crippen molar-refractivity contribution in [2.75, 3.05) is 13.2 Å². The Kier molecular flexibility index (Phi) is 3.05. The maximum absolute atomic E-state index is 13.0. The molecule has 1 unspecified atom stereocenters. The molecule has 1 aromatic carbocycles.